The lowest BCUT2D eigenvalue weighted by molar-refractivity contribution is -0.113. The summed E-state index contributed by atoms with van der Waals surface area (Å²) in [4.78, 5) is 21.4. The number of hydrogen-bond acceptors (Lipinski definition) is 5. The number of halogens is 1. The van der Waals surface area contributed by atoms with Crippen LogP contribution in [0.4, 0.5) is 5.69 Å². The Hall–Kier alpha value is -2.90. The number of rotatable bonds is 6. The Balaban J connectivity index is 1.49. The zero-order valence-corrected chi connectivity index (χ0v) is 19.1. The maximum absolute atomic E-state index is 12.3. The molecule has 0 aliphatic carbocycles. The average Bonchev–Trinajstić information content (AvgIpc) is 3.14. The Bertz CT molecular complexity index is 1250. The minimum absolute atomic E-state index is 0.146. The molecule has 0 spiro atoms. The number of fused-ring (bicyclic) bond motifs is 1. The van der Waals surface area contributed by atoms with E-state index < -0.39 is 0 Å². The summed E-state index contributed by atoms with van der Waals surface area (Å²) >= 11 is 7.23. The van der Waals surface area contributed by atoms with Crippen LogP contribution in [0.25, 0.3) is 5.78 Å². The summed E-state index contributed by atoms with van der Waals surface area (Å²) in [5.74, 6) is 0.588. The number of nitrogens with zero attached hydrogens (tertiary/aromatic N) is 4. The van der Waals surface area contributed by atoms with Gasteiger partial charge >= 0.3 is 0 Å². The summed E-state index contributed by atoms with van der Waals surface area (Å²) in [6, 6.07) is 15.6. The van der Waals surface area contributed by atoms with Gasteiger partial charge in [-0.25, -0.2) is 9.50 Å². The Morgan fingerprint density at radius 3 is 2.61 bits per heavy atom. The van der Waals surface area contributed by atoms with Crippen molar-refractivity contribution in [2.75, 3.05) is 11.1 Å². The lowest BCUT2D eigenvalue weighted by atomic mass is 10.0. The molecule has 4 aromatic rings. The van der Waals surface area contributed by atoms with Crippen LogP contribution in [0.5, 0.6) is 0 Å². The van der Waals surface area contributed by atoms with Crippen LogP contribution in [0.1, 0.15) is 28.1 Å². The van der Waals surface area contributed by atoms with Crippen molar-refractivity contribution in [1.82, 2.24) is 19.6 Å². The lowest BCUT2D eigenvalue weighted by Gasteiger charge is -2.10. The number of aromatic nitrogens is 4. The van der Waals surface area contributed by atoms with Crippen molar-refractivity contribution < 1.29 is 4.79 Å². The van der Waals surface area contributed by atoms with Gasteiger partial charge in [0.1, 0.15) is 0 Å². The first kappa shape index (κ1) is 21.3. The van der Waals surface area contributed by atoms with E-state index in [-0.39, 0.29) is 11.7 Å². The molecule has 0 aliphatic rings. The van der Waals surface area contributed by atoms with Gasteiger partial charge < -0.3 is 5.32 Å². The molecule has 0 saturated carbocycles. The second-order valence-corrected chi connectivity index (χ2v) is 8.76. The van der Waals surface area contributed by atoms with Crippen LogP contribution in [0.3, 0.4) is 0 Å². The molecule has 0 saturated heterocycles. The van der Waals surface area contributed by atoms with Gasteiger partial charge in [-0.3, -0.25) is 4.79 Å². The van der Waals surface area contributed by atoms with E-state index in [2.05, 4.69) is 51.6 Å². The molecule has 0 atom stereocenters. The summed E-state index contributed by atoms with van der Waals surface area (Å²) in [5.41, 5.74) is 6.21. The minimum atomic E-state index is -0.146. The zero-order chi connectivity index (χ0) is 22.0. The first-order chi connectivity index (χ1) is 14.9. The van der Waals surface area contributed by atoms with E-state index in [4.69, 9.17) is 11.6 Å². The van der Waals surface area contributed by atoms with Gasteiger partial charge in [0.05, 0.1) is 5.75 Å². The van der Waals surface area contributed by atoms with Crippen LogP contribution in [0.15, 0.2) is 53.7 Å². The monoisotopic (exact) mass is 451 g/mol. The molecule has 0 fully saturated rings. The second-order valence-electron chi connectivity index (χ2n) is 7.38. The molecule has 4 rings (SSSR count). The highest BCUT2D eigenvalue weighted by Gasteiger charge is 2.15. The summed E-state index contributed by atoms with van der Waals surface area (Å²) in [6.45, 7) is 6.11. The van der Waals surface area contributed by atoms with E-state index >= 15 is 0 Å². The summed E-state index contributed by atoms with van der Waals surface area (Å²) < 4.78 is 1.76. The quantitative estimate of drug-likeness (QED) is 0.416. The molecular formula is C23H22ClN5OS. The highest BCUT2D eigenvalue weighted by Crippen LogP contribution is 2.21. The van der Waals surface area contributed by atoms with E-state index in [9.17, 15) is 4.79 Å². The maximum atomic E-state index is 12.3. The molecular weight excluding hydrogens is 430 g/mol. The lowest BCUT2D eigenvalue weighted by Crippen LogP contribution is -2.14. The molecule has 6 nitrogen and oxygen atoms in total. The molecule has 1 N–H and O–H groups in total. The van der Waals surface area contributed by atoms with Crippen molar-refractivity contribution in [2.45, 2.75) is 32.3 Å². The van der Waals surface area contributed by atoms with Gasteiger partial charge in [-0.2, -0.15) is 4.98 Å². The highest BCUT2D eigenvalue weighted by atomic mass is 35.5. The number of benzene rings is 2. The topological polar surface area (TPSA) is 72.2 Å². The number of carbonyl (C=O) groups is 1. The first-order valence-corrected chi connectivity index (χ1v) is 11.2. The number of thioether (sulfide) groups is 1. The maximum Gasteiger partial charge on any atom is 0.253 e. The van der Waals surface area contributed by atoms with Gasteiger partial charge in [-0.05, 0) is 50.1 Å². The standard InChI is InChI=1S/C23H22ClN5OS/c1-14-7-9-17(10-8-14)11-20-15(2)25-22-27-23(28-29(22)16(20)3)31-13-21(30)26-19-6-4-5-18(24)12-19/h4-10,12H,11,13H2,1-3H3,(H,26,30). The third kappa shape index (κ3) is 5.06. The summed E-state index contributed by atoms with van der Waals surface area (Å²) in [7, 11) is 0. The van der Waals surface area contributed by atoms with E-state index in [0.29, 0.717) is 21.6 Å². The largest absolute Gasteiger partial charge is 0.325 e. The van der Waals surface area contributed by atoms with Crippen LogP contribution in [0.2, 0.25) is 5.02 Å². The molecule has 31 heavy (non-hydrogen) atoms. The molecule has 2 aromatic heterocycles. The molecule has 0 bridgehead atoms. The number of aryl methyl sites for hydroxylation is 3. The number of carbonyl (C=O) groups excluding carboxylic acids is 1. The highest BCUT2D eigenvalue weighted by molar-refractivity contribution is 7.99. The van der Waals surface area contributed by atoms with E-state index in [1.807, 2.05) is 13.8 Å². The zero-order valence-electron chi connectivity index (χ0n) is 17.5. The van der Waals surface area contributed by atoms with Gasteiger partial charge in [0, 0.05) is 28.5 Å². The van der Waals surface area contributed by atoms with Crippen molar-refractivity contribution >= 4 is 40.7 Å². The van der Waals surface area contributed by atoms with E-state index in [1.165, 1.54) is 22.9 Å². The van der Waals surface area contributed by atoms with Crippen LogP contribution in [-0.4, -0.2) is 31.2 Å². The van der Waals surface area contributed by atoms with Crippen molar-refractivity contribution in [3.8, 4) is 0 Å². The molecule has 8 heteroatoms. The summed E-state index contributed by atoms with van der Waals surface area (Å²) in [5, 5.41) is 8.49. The predicted octanol–water partition coefficient (Wildman–Crippen LogP) is 5.02. The van der Waals surface area contributed by atoms with Gasteiger partial charge in [-0.1, -0.05) is 59.3 Å². The van der Waals surface area contributed by atoms with Crippen molar-refractivity contribution in [3.05, 3.63) is 81.6 Å². The fourth-order valence-corrected chi connectivity index (χ4v) is 4.12. The van der Waals surface area contributed by atoms with Gasteiger partial charge in [0.2, 0.25) is 11.1 Å². The summed E-state index contributed by atoms with van der Waals surface area (Å²) in [6.07, 6.45) is 0.783. The van der Waals surface area contributed by atoms with Crippen LogP contribution in [0, 0.1) is 20.8 Å². The number of anilines is 1. The molecule has 158 valence electrons. The van der Waals surface area contributed by atoms with Gasteiger partial charge in [0.15, 0.2) is 0 Å². The Labute approximate surface area is 190 Å². The van der Waals surface area contributed by atoms with Crippen molar-refractivity contribution in [2.24, 2.45) is 0 Å². The molecule has 0 radical (unpaired) electrons. The van der Waals surface area contributed by atoms with Crippen LogP contribution < -0.4 is 5.32 Å². The number of nitrogens with one attached hydrogen (secondary N) is 1. The average molecular weight is 452 g/mol. The first-order valence-electron chi connectivity index (χ1n) is 9.85. The van der Waals surface area contributed by atoms with Crippen molar-refractivity contribution in [3.63, 3.8) is 0 Å². The number of hydrogen-bond donors (Lipinski definition) is 1. The smallest absolute Gasteiger partial charge is 0.253 e. The molecule has 2 heterocycles. The Kier molecular flexibility index (Phi) is 6.25. The van der Waals surface area contributed by atoms with Crippen LogP contribution >= 0.6 is 23.4 Å². The molecule has 0 aliphatic heterocycles. The normalized spacial score (nSPS) is 11.1. The van der Waals surface area contributed by atoms with Gasteiger partial charge in [-0.15, -0.1) is 5.10 Å². The fourth-order valence-electron chi connectivity index (χ4n) is 3.31. The van der Waals surface area contributed by atoms with E-state index in [1.54, 1.807) is 28.8 Å². The SMILES string of the molecule is Cc1ccc(Cc2c(C)nc3nc(SCC(=O)Nc4cccc(Cl)c4)nn3c2C)cc1. The van der Waals surface area contributed by atoms with Gasteiger partial charge in [0.25, 0.3) is 5.78 Å². The minimum Gasteiger partial charge on any atom is -0.325 e. The van der Waals surface area contributed by atoms with Crippen molar-refractivity contribution in [1.29, 1.82) is 0 Å². The molecule has 0 unspecified atom stereocenters. The third-order valence-electron chi connectivity index (χ3n) is 4.97. The molecule has 2 aromatic carbocycles. The fraction of sp³-hybridized carbons (Fsp3) is 0.217. The Morgan fingerprint density at radius 2 is 1.87 bits per heavy atom. The second kappa shape index (κ2) is 9.08. The predicted molar refractivity (Wildman–Crippen MR) is 125 cm³/mol. The molecule has 1 amide bonds. The third-order valence-corrected chi connectivity index (χ3v) is 6.04. The van der Waals surface area contributed by atoms with Crippen LogP contribution in [-0.2, 0) is 11.2 Å². The number of amides is 1. The Morgan fingerprint density at radius 1 is 1.10 bits per heavy atom. The van der Waals surface area contributed by atoms with E-state index in [0.717, 1.165) is 23.4 Å².